The Hall–Kier alpha value is -1.75. The van der Waals surface area contributed by atoms with Gasteiger partial charge in [0.05, 0.1) is 31.1 Å². The molecule has 5 rings (SSSR count). The molecular weight excluding hydrogens is 366 g/mol. The summed E-state index contributed by atoms with van der Waals surface area (Å²) in [6.45, 7) is 1.39. The molecule has 158 valence electrons. The molecule has 1 atom stereocenters. The molecule has 5 heteroatoms. The Labute approximate surface area is 173 Å². The zero-order chi connectivity index (χ0) is 19.5. The molecule has 2 aliphatic heterocycles. The van der Waals surface area contributed by atoms with Crippen molar-refractivity contribution in [1.29, 1.82) is 0 Å². The highest BCUT2D eigenvalue weighted by molar-refractivity contribution is 6.02. The smallest absolute Gasteiger partial charge is 0.168 e. The molecule has 3 fully saturated rings. The Bertz CT molecular complexity index is 726. The van der Waals surface area contributed by atoms with Crippen LogP contribution in [0.5, 0.6) is 11.5 Å². The van der Waals surface area contributed by atoms with E-state index in [0.717, 1.165) is 67.9 Å². The van der Waals surface area contributed by atoms with Gasteiger partial charge < -0.3 is 19.0 Å². The van der Waals surface area contributed by atoms with Gasteiger partial charge in [0.25, 0.3) is 0 Å². The number of rotatable bonds is 5. The zero-order valence-corrected chi connectivity index (χ0v) is 17.4. The van der Waals surface area contributed by atoms with E-state index in [-0.39, 0.29) is 5.60 Å². The van der Waals surface area contributed by atoms with Gasteiger partial charge in [-0.2, -0.15) is 0 Å². The van der Waals surface area contributed by atoms with Crippen LogP contribution in [0.1, 0.15) is 82.6 Å². The summed E-state index contributed by atoms with van der Waals surface area (Å²) in [6, 6.07) is 6.33. The van der Waals surface area contributed by atoms with Crippen LogP contribution in [0.3, 0.4) is 0 Å². The standard InChI is InChI=1S/C24H33NO4/c1-2-4-8-19(7-3-1)27-22-12-11-18(15-23(22)28-20-9-5-6-10-20)21-16-24(29-25-21)13-14-26-17-24/h11-12,15,19-20H,1-10,13-14,16-17H2. The maximum absolute atomic E-state index is 6.47. The molecule has 0 N–H and O–H groups in total. The van der Waals surface area contributed by atoms with Crippen LogP contribution in [0.15, 0.2) is 23.4 Å². The minimum atomic E-state index is -0.253. The van der Waals surface area contributed by atoms with E-state index >= 15 is 0 Å². The molecular formula is C24H33NO4. The lowest BCUT2D eigenvalue weighted by Crippen LogP contribution is -2.29. The third-order valence-electron chi connectivity index (χ3n) is 6.87. The Morgan fingerprint density at radius 1 is 0.862 bits per heavy atom. The fourth-order valence-corrected chi connectivity index (χ4v) is 5.08. The Morgan fingerprint density at radius 2 is 1.55 bits per heavy atom. The van der Waals surface area contributed by atoms with Crippen molar-refractivity contribution in [2.45, 2.75) is 94.9 Å². The minimum absolute atomic E-state index is 0.253. The first kappa shape index (κ1) is 19.2. The van der Waals surface area contributed by atoms with Crippen LogP contribution >= 0.6 is 0 Å². The van der Waals surface area contributed by atoms with E-state index < -0.39 is 0 Å². The van der Waals surface area contributed by atoms with Gasteiger partial charge in [-0.25, -0.2) is 0 Å². The summed E-state index contributed by atoms with van der Waals surface area (Å²) in [5, 5.41) is 4.41. The summed E-state index contributed by atoms with van der Waals surface area (Å²) in [5.41, 5.74) is 1.82. The number of nitrogens with zero attached hydrogens (tertiary/aromatic N) is 1. The second-order valence-corrected chi connectivity index (χ2v) is 9.21. The van der Waals surface area contributed by atoms with Gasteiger partial charge in [-0.1, -0.05) is 18.0 Å². The van der Waals surface area contributed by atoms with Crippen molar-refractivity contribution in [3.05, 3.63) is 23.8 Å². The molecule has 5 nitrogen and oxygen atoms in total. The van der Waals surface area contributed by atoms with Gasteiger partial charge in [-0.05, 0) is 69.6 Å². The van der Waals surface area contributed by atoms with E-state index in [1.165, 1.54) is 38.5 Å². The normalized spacial score (nSPS) is 28.3. The highest BCUT2D eigenvalue weighted by atomic mass is 16.7. The molecule has 4 aliphatic rings. The van der Waals surface area contributed by atoms with Crippen LogP contribution < -0.4 is 9.47 Å². The second kappa shape index (κ2) is 8.55. The fraction of sp³-hybridized carbons (Fsp3) is 0.708. The summed E-state index contributed by atoms with van der Waals surface area (Å²) in [4.78, 5) is 5.80. The van der Waals surface area contributed by atoms with E-state index in [1.54, 1.807) is 0 Å². The zero-order valence-electron chi connectivity index (χ0n) is 17.4. The van der Waals surface area contributed by atoms with Crippen molar-refractivity contribution < 1.29 is 19.0 Å². The highest BCUT2D eigenvalue weighted by Crippen LogP contribution is 2.38. The van der Waals surface area contributed by atoms with Crippen molar-refractivity contribution in [2.75, 3.05) is 13.2 Å². The molecule has 1 spiro atoms. The molecule has 1 aromatic rings. The second-order valence-electron chi connectivity index (χ2n) is 9.21. The molecule has 1 saturated heterocycles. The quantitative estimate of drug-likeness (QED) is 0.623. The minimum Gasteiger partial charge on any atom is -0.487 e. The molecule has 2 saturated carbocycles. The molecule has 0 radical (unpaired) electrons. The molecule has 2 aliphatic carbocycles. The van der Waals surface area contributed by atoms with Gasteiger partial charge in [0, 0.05) is 18.4 Å². The number of ether oxygens (including phenoxy) is 3. The van der Waals surface area contributed by atoms with E-state index in [0.29, 0.717) is 18.8 Å². The first-order chi connectivity index (χ1) is 14.3. The molecule has 29 heavy (non-hydrogen) atoms. The average molecular weight is 400 g/mol. The molecule has 0 aromatic heterocycles. The lowest BCUT2D eigenvalue weighted by Gasteiger charge is -2.22. The first-order valence-corrected chi connectivity index (χ1v) is 11.6. The maximum Gasteiger partial charge on any atom is 0.168 e. The van der Waals surface area contributed by atoms with E-state index in [2.05, 4.69) is 23.4 Å². The number of benzene rings is 1. The molecule has 0 bridgehead atoms. The van der Waals surface area contributed by atoms with E-state index in [4.69, 9.17) is 19.0 Å². The predicted octanol–water partition coefficient (Wildman–Crippen LogP) is 5.39. The van der Waals surface area contributed by atoms with E-state index in [1.807, 2.05) is 0 Å². The van der Waals surface area contributed by atoms with Crippen molar-refractivity contribution in [3.63, 3.8) is 0 Å². The van der Waals surface area contributed by atoms with Gasteiger partial charge in [-0.3, -0.25) is 0 Å². The highest BCUT2D eigenvalue weighted by Gasteiger charge is 2.43. The molecule has 1 unspecified atom stereocenters. The van der Waals surface area contributed by atoms with Crippen LogP contribution in [-0.2, 0) is 9.57 Å². The van der Waals surface area contributed by atoms with Crippen LogP contribution in [-0.4, -0.2) is 36.7 Å². The van der Waals surface area contributed by atoms with Crippen molar-refractivity contribution in [3.8, 4) is 11.5 Å². The molecule has 0 amide bonds. The summed E-state index contributed by atoms with van der Waals surface area (Å²) >= 11 is 0. The lowest BCUT2D eigenvalue weighted by molar-refractivity contribution is -0.0237. The summed E-state index contributed by atoms with van der Waals surface area (Å²) in [7, 11) is 0. The van der Waals surface area contributed by atoms with Crippen molar-refractivity contribution in [1.82, 2.24) is 0 Å². The summed E-state index contributed by atoms with van der Waals surface area (Å²) < 4.78 is 18.5. The van der Waals surface area contributed by atoms with Crippen molar-refractivity contribution >= 4 is 5.71 Å². The number of oxime groups is 1. The van der Waals surface area contributed by atoms with Crippen LogP contribution in [0.2, 0.25) is 0 Å². The first-order valence-electron chi connectivity index (χ1n) is 11.6. The van der Waals surface area contributed by atoms with Gasteiger partial charge in [0.2, 0.25) is 0 Å². The van der Waals surface area contributed by atoms with Crippen molar-refractivity contribution in [2.24, 2.45) is 5.16 Å². The Kier molecular flexibility index (Phi) is 5.67. The Morgan fingerprint density at radius 3 is 2.24 bits per heavy atom. The summed E-state index contributed by atoms with van der Waals surface area (Å²) in [6.07, 6.45) is 14.6. The maximum atomic E-state index is 6.47. The molecule has 1 aromatic carbocycles. The van der Waals surface area contributed by atoms with Crippen LogP contribution in [0.4, 0.5) is 0 Å². The lowest BCUT2D eigenvalue weighted by atomic mass is 9.93. The van der Waals surface area contributed by atoms with Crippen LogP contribution in [0, 0.1) is 0 Å². The summed E-state index contributed by atoms with van der Waals surface area (Å²) in [5.74, 6) is 1.77. The topological polar surface area (TPSA) is 49.3 Å². The third kappa shape index (κ3) is 4.40. The number of hydrogen-bond donors (Lipinski definition) is 0. The van der Waals surface area contributed by atoms with E-state index in [9.17, 15) is 0 Å². The monoisotopic (exact) mass is 399 g/mol. The molecule has 2 heterocycles. The SMILES string of the molecule is c1cc(OC2CCCCCC2)c(OC2CCCC2)cc1C1=NOC2(CCOC2)C1. The number of hydrogen-bond acceptors (Lipinski definition) is 5. The van der Waals surface area contributed by atoms with Gasteiger partial charge in [0.15, 0.2) is 17.1 Å². The third-order valence-corrected chi connectivity index (χ3v) is 6.87. The predicted molar refractivity (Wildman–Crippen MR) is 112 cm³/mol. The average Bonchev–Trinajstić information content (AvgIpc) is 3.46. The fourth-order valence-electron chi connectivity index (χ4n) is 5.08. The van der Waals surface area contributed by atoms with Gasteiger partial charge in [0.1, 0.15) is 0 Å². The van der Waals surface area contributed by atoms with Gasteiger partial charge in [-0.15, -0.1) is 0 Å². The Balaban J connectivity index is 1.36. The van der Waals surface area contributed by atoms with Gasteiger partial charge >= 0.3 is 0 Å². The largest absolute Gasteiger partial charge is 0.487 e. The van der Waals surface area contributed by atoms with Crippen LogP contribution in [0.25, 0.3) is 0 Å².